The van der Waals surface area contributed by atoms with E-state index in [9.17, 15) is 19.5 Å². The molecule has 0 fully saturated rings. The Morgan fingerprint density at radius 1 is 1.08 bits per heavy atom. The van der Waals surface area contributed by atoms with Gasteiger partial charge in [-0.1, -0.05) is 6.92 Å². The van der Waals surface area contributed by atoms with Gasteiger partial charge < -0.3 is 34.4 Å². The summed E-state index contributed by atoms with van der Waals surface area (Å²) in [6, 6.07) is 0. The van der Waals surface area contributed by atoms with Crippen LogP contribution in [-0.2, 0) is 23.9 Å². The van der Waals surface area contributed by atoms with Crippen LogP contribution < -0.4 is 5.11 Å². The molecule has 0 aromatic carbocycles. The van der Waals surface area contributed by atoms with E-state index in [2.05, 4.69) is 0 Å². The number of carboxylic acids is 3. The van der Waals surface area contributed by atoms with Crippen LogP contribution in [0, 0.1) is 0 Å². The summed E-state index contributed by atoms with van der Waals surface area (Å²) in [5.74, 6) is -3.70. The Morgan fingerprint density at radius 3 is 1.76 bits per heavy atom. The van der Waals surface area contributed by atoms with Crippen LogP contribution in [0.4, 0.5) is 0 Å². The summed E-state index contributed by atoms with van der Waals surface area (Å²) in [7, 11) is 5.94. The SMILES string of the molecule is CC(=O)O.CCC(O)C(=O)O.C[N+](C)(C)CCOC(=O)CCC(=O)[O-]. The lowest BCUT2D eigenvalue weighted by atomic mass is 10.3. The summed E-state index contributed by atoms with van der Waals surface area (Å²) >= 11 is 0. The molecule has 0 amide bonds. The molecule has 0 heterocycles. The first-order chi connectivity index (χ1) is 11.2. The third-order valence-electron chi connectivity index (χ3n) is 2.23. The molecule has 0 aliphatic rings. The number of hydrogen-bond acceptors (Lipinski definition) is 7. The predicted octanol–water partition coefficient (Wildman–Crippen LogP) is -1.30. The largest absolute Gasteiger partial charge is 0.550 e. The monoisotopic (exact) mass is 367 g/mol. The number of aliphatic carboxylic acids is 3. The van der Waals surface area contributed by atoms with Crippen molar-refractivity contribution in [3.05, 3.63) is 0 Å². The number of likely N-dealkylation sites (N-methyl/N-ethyl adjacent to an activating group) is 1. The van der Waals surface area contributed by atoms with Gasteiger partial charge in [-0.2, -0.15) is 0 Å². The predicted molar refractivity (Wildman–Crippen MR) is 85.3 cm³/mol. The second-order valence-corrected chi connectivity index (χ2v) is 5.89. The Bertz CT molecular complexity index is 412. The Labute approximate surface area is 147 Å². The molecule has 148 valence electrons. The fourth-order valence-electron chi connectivity index (χ4n) is 0.884. The van der Waals surface area contributed by atoms with E-state index in [1.807, 2.05) is 21.1 Å². The highest BCUT2D eigenvalue weighted by molar-refractivity contribution is 5.75. The first-order valence-corrected chi connectivity index (χ1v) is 7.49. The molecule has 0 spiro atoms. The lowest BCUT2D eigenvalue weighted by Crippen LogP contribution is -2.38. The minimum atomic E-state index is -1.23. The van der Waals surface area contributed by atoms with Crippen molar-refractivity contribution in [1.29, 1.82) is 0 Å². The Hall–Kier alpha value is -2.20. The zero-order valence-electron chi connectivity index (χ0n) is 15.4. The fraction of sp³-hybridized carbons (Fsp3) is 0.733. The van der Waals surface area contributed by atoms with Gasteiger partial charge in [-0.15, -0.1) is 0 Å². The Kier molecular flexibility index (Phi) is 17.0. The van der Waals surface area contributed by atoms with Crippen molar-refractivity contribution in [3.8, 4) is 0 Å². The van der Waals surface area contributed by atoms with Crippen molar-refractivity contribution < 1.29 is 48.8 Å². The maximum absolute atomic E-state index is 10.9. The molecule has 0 saturated heterocycles. The molecule has 3 N–H and O–H groups in total. The van der Waals surface area contributed by atoms with Gasteiger partial charge in [0.2, 0.25) is 0 Å². The number of carbonyl (C=O) groups excluding carboxylic acids is 2. The molecule has 0 rings (SSSR count). The van der Waals surface area contributed by atoms with E-state index in [1.54, 1.807) is 6.92 Å². The highest BCUT2D eigenvalue weighted by atomic mass is 16.5. The highest BCUT2D eigenvalue weighted by Crippen LogP contribution is 1.94. The van der Waals surface area contributed by atoms with E-state index < -0.39 is 30.0 Å². The van der Waals surface area contributed by atoms with E-state index in [4.69, 9.17) is 24.9 Å². The third kappa shape index (κ3) is 34.2. The van der Waals surface area contributed by atoms with Gasteiger partial charge in [0.15, 0.2) is 6.10 Å². The summed E-state index contributed by atoms with van der Waals surface area (Å²) < 4.78 is 5.52. The van der Waals surface area contributed by atoms with Crippen LogP contribution in [0.25, 0.3) is 0 Å². The topological polar surface area (TPSA) is 161 Å². The summed E-state index contributed by atoms with van der Waals surface area (Å²) in [5, 5.41) is 33.7. The molecule has 10 heteroatoms. The number of rotatable bonds is 8. The van der Waals surface area contributed by atoms with Gasteiger partial charge in [-0.05, 0) is 12.8 Å². The molecule has 0 saturated carbocycles. The number of aliphatic hydroxyl groups is 1. The van der Waals surface area contributed by atoms with Gasteiger partial charge in [0.25, 0.3) is 5.97 Å². The molecule has 1 atom stereocenters. The van der Waals surface area contributed by atoms with E-state index in [0.717, 1.165) is 6.92 Å². The number of nitrogens with zero attached hydrogens (tertiary/aromatic N) is 1. The second kappa shape index (κ2) is 15.3. The van der Waals surface area contributed by atoms with Crippen molar-refractivity contribution in [1.82, 2.24) is 0 Å². The van der Waals surface area contributed by atoms with Crippen LogP contribution in [0.5, 0.6) is 0 Å². The Morgan fingerprint density at radius 2 is 1.52 bits per heavy atom. The van der Waals surface area contributed by atoms with Crippen molar-refractivity contribution in [2.75, 3.05) is 34.3 Å². The molecular weight excluding hydrogens is 338 g/mol. The number of aliphatic hydroxyl groups excluding tert-OH is 1. The lowest BCUT2D eigenvalue weighted by molar-refractivity contribution is -0.870. The van der Waals surface area contributed by atoms with Gasteiger partial charge in [0.05, 0.1) is 27.6 Å². The average Bonchev–Trinajstić information content (AvgIpc) is 2.42. The summed E-state index contributed by atoms with van der Waals surface area (Å²) in [5.41, 5.74) is 0. The average molecular weight is 367 g/mol. The quantitative estimate of drug-likeness (QED) is 0.349. The summed E-state index contributed by atoms with van der Waals surface area (Å²) in [4.78, 5) is 39.6. The third-order valence-corrected chi connectivity index (χ3v) is 2.23. The van der Waals surface area contributed by atoms with Crippen LogP contribution >= 0.6 is 0 Å². The number of esters is 1. The fourth-order valence-corrected chi connectivity index (χ4v) is 0.884. The number of hydrogen-bond donors (Lipinski definition) is 3. The van der Waals surface area contributed by atoms with E-state index >= 15 is 0 Å². The van der Waals surface area contributed by atoms with E-state index in [0.29, 0.717) is 17.6 Å². The molecule has 25 heavy (non-hydrogen) atoms. The van der Waals surface area contributed by atoms with E-state index in [1.165, 1.54) is 0 Å². The van der Waals surface area contributed by atoms with Gasteiger partial charge >= 0.3 is 11.9 Å². The molecule has 1 unspecified atom stereocenters. The van der Waals surface area contributed by atoms with Crippen LogP contribution in [0.1, 0.15) is 33.1 Å². The molecule has 10 nitrogen and oxygen atoms in total. The van der Waals surface area contributed by atoms with Crippen molar-refractivity contribution in [3.63, 3.8) is 0 Å². The summed E-state index contributed by atoms with van der Waals surface area (Å²) in [6.45, 7) is 3.71. The molecule has 0 bridgehead atoms. The van der Waals surface area contributed by atoms with Gasteiger partial charge in [0.1, 0.15) is 13.2 Å². The maximum Gasteiger partial charge on any atom is 0.332 e. The van der Waals surface area contributed by atoms with Gasteiger partial charge in [0, 0.05) is 12.9 Å². The van der Waals surface area contributed by atoms with Gasteiger partial charge in [-0.25, -0.2) is 4.79 Å². The zero-order valence-corrected chi connectivity index (χ0v) is 15.4. The number of carboxylic acid groups (broad SMARTS) is 3. The normalized spacial score (nSPS) is 11.0. The van der Waals surface area contributed by atoms with Crippen LogP contribution in [-0.4, -0.2) is 84.1 Å². The molecule has 0 aliphatic carbocycles. The van der Waals surface area contributed by atoms with Crippen molar-refractivity contribution in [2.45, 2.75) is 39.2 Å². The Balaban J connectivity index is -0.000000365. The molecule has 0 aromatic heterocycles. The molecule has 0 radical (unpaired) electrons. The molecule has 0 aliphatic heterocycles. The van der Waals surface area contributed by atoms with Crippen LogP contribution in [0.15, 0.2) is 0 Å². The smallest absolute Gasteiger partial charge is 0.332 e. The van der Waals surface area contributed by atoms with E-state index in [-0.39, 0.29) is 19.3 Å². The van der Waals surface area contributed by atoms with Crippen LogP contribution in [0.2, 0.25) is 0 Å². The highest BCUT2D eigenvalue weighted by Gasteiger charge is 2.09. The first kappa shape index (κ1) is 27.6. The number of carbonyl (C=O) groups is 4. The minimum Gasteiger partial charge on any atom is -0.550 e. The first-order valence-electron chi connectivity index (χ1n) is 7.49. The molecular formula is C15H29NO9. The number of ether oxygens (including phenoxy) is 1. The second-order valence-electron chi connectivity index (χ2n) is 5.89. The summed E-state index contributed by atoms with van der Waals surface area (Å²) in [6.07, 6.45) is -1.29. The van der Waals surface area contributed by atoms with Gasteiger partial charge in [-0.3, -0.25) is 9.59 Å². The number of quaternary nitrogens is 1. The molecule has 0 aromatic rings. The zero-order chi connectivity index (χ0) is 20.6. The van der Waals surface area contributed by atoms with Crippen LogP contribution in [0.3, 0.4) is 0 Å². The van der Waals surface area contributed by atoms with Crippen molar-refractivity contribution >= 4 is 23.9 Å². The lowest BCUT2D eigenvalue weighted by Gasteiger charge is -2.23. The maximum atomic E-state index is 10.9. The standard InChI is InChI=1S/C9H17NO4.C4H8O3.C2H4O2/c1-10(2,3)6-7-14-9(13)5-4-8(11)12;1-2-3(5)4(6)7;1-2(3)4/h4-7H2,1-3H3;3,5H,2H2,1H3,(H,6,7);1H3,(H,3,4). The van der Waals surface area contributed by atoms with Crippen molar-refractivity contribution in [2.24, 2.45) is 0 Å². The minimum absolute atomic E-state index is 0.112.